The second-order valence-electron chi connectivity index (χ2n) is 8.06. The molecule has 0 aliphatic rings. The zero-order valence-corrected chi connectivity index (χ0v) is 18.0. The molecule has 0 bridgehead atoms. The lowest BCUT2D eigenvalue weighted by Gasteiger charge is -2.09. The summed E-state index contributed by atoms with van der Waals surface area (Å²) >= 11 is 0. The van der Waals surface area contributed by atoms with E-state index < -0.39 is 5.97 Å². The Kier molecular flexibility index (Phi) is 7.33. The molecule has 1 N–H and O–H groups in total. The van der Waals surface area contributed by atoms with Gasteiger partial charge in [0.25, 0.3) is 0 Å². The van der Waals surface area contributed by atoms with Crippen molar-refractivity contribution in [3.05, 3.63) is 65.5 Å². The number of benzene rings is 1. The van der Waals surface area contributed by atoms with Gasteiger partial charge in [0.1, 0.15) is 5.82 Å². The predicted octanol–water partition coefficient (Wildman–Crippen LogP) is 5.02. The van der Waals surface area contributed by atoms with Gasteiger partial charge in [0.15, 0.2) is 5.82 Å². The lowest BCUT2D eigenvalue weighted by atomic mass is 10.0. The van der Waals surface area contributed by atoms with Crippen LogP contribution in [0.15, 0.2) is 42.7 Å². The van der Waals surface area contributed by atoms with Gasteiger partial charge in [-0.3, -0.25) is 4.98 Å². The Labute approximate surface area is 178 Å². The lowest BCUT2D eigenvalue weighted by molar-refractivity contribution is 0.0697. The minimum Gasteiger partial charge on any atom is -0.478 e. The van der Waals surface area contributed by atoms with E-state index in [0.29, 0.717) is 18.0 Å². The number of aryl methyl sites for hydroxylation is 2. The number of aromatic carboxylic acids is 1. The first kappa shape index (κ1) is 21.7. The second kappa shape index (κ2) is 10.1. The van der Waals surface area contributed by atoms with Gasteiger partial charge < -0.3 is 5.11 Å². The highest BCUT2D eigenvalue weighted by Gasteiger charge is 2.13. The highest BCUT2D eigenvalue weighted by Crippen LogP contribution is 2.24. The molecule has 0 spiro atoms. The number of carbonyl (C=O) groups is 1. The first-order chi connectivity index (χ1) is 14.5. The molecule has 0 saturated carbocycles. The molecule has 0 aliphatic heterocycles. The zero-order valence-electron chi connectivity index (χ0n) is 18.0. The topological polar surface area (TPSA) is 80.9 Å². The molecule has 1 aromatic carbocycles. The molecule has 0 fully saturated rings. The third-order valence-electron chi connectivity index (χ3n) is 5.14. The second-order valence-corrected chi connectivity index (χ2v) is 8.06. The molecule has 3 aromatic rings. The van der Waals surface area contributed by atoms with Gasteiger partial charge in [-0.2, -0.15) is 5.10 Å². The molecule has 0 unspecified atom stereocenters. The van der Waals surface area contributed by atoms with Crippen LogP contribution in [0.25, 0.3) is 11.1 Å². The summed E-state index contributed by atoms with van der Waals surface area (Å²) in [7, 11) is 0. The number of carboxylic acids is 1. The number of unbranched alkanes of at least 4 members (excludes halogenated alkanes) is 1. The summed E-state index contributed by atoms with van der Waals surface area (Å²) in [5.41, 5.74) is 2.85. The van der Waals surface area contributed by atoms with E-state index in [0.717, 1.165) is 54.9 Å². The molecule has 0 atom stereocenters. The Morgan fingerprint density at radius 1 is 1.13 bits per heavy atom. The highest BCUT2D eigenvalue weighted by atomic mass is 16.4. The zero-order chi connectivity index (χ0) is 21.5. The fourth-order valence-corrected chi connectivity index (χ4v) is 3.38. The van der Waals surface area contributed by atoms with Crippen molar-refractivity contribution in [1.82, 2.24) is 19.7 Å². The lowest BCUT2D eigenvalue weighted by Crippen LogP contribution is -2.07. The van der Waals surface area contributed by atoms with Crippen LogP contribution in [0.3, 0.4) is 0 Å². The van der Waals surface area contributed by atoms with E-state index in [2.05, 4.69) is 25.8 Å². The van der Waals surface area contributed by atoms with E-state index in [4.69, 9.17) is 10.1 Å². The van der Waals surface area contributed by atoms with E-state index in [1.807, 2.05) is 28.9 Å². The van der Waals surface area contributed by atoms with Crippen LogP contribution >= 0.6 is 0 Å². The van der Waals surface area contributed by atoms with Crippen molar-refractivity contribution in [2.24, 2.45) is 5.92 Å². The van der Waals surface area contributed by atoms with Crippen molar-refractivity contribution in [2.75, 3.05) is 0 Å². The summed E-state index contributed by atoms with van der Waals surface area (Å²) in [6.07, 6.45) is 8.15. The Morgan fingerprint density at radius 3 is 2.57 bits per heavy atom. The molecule has 30 heavy (non-hydrogen) atoms. The van der Waals surface area contributed by atoms with Crippen molar-refractivity contribution in [2.45, 2.75) is 59.4 Å². The number of pyridine rings is 1. The highest BCUT2D eigenvalue weighted by molar-refractivity contribution is 5.95. The average molecular weight is 407 g/mol. The number of rotatable bonds is 10. The van der Waals surface area contributed by atoms with Gasteiger partial charge in [-0.1, -0.05) is 51.5 Å². The van der Waals surface area contributed by atoms with Crippen molar-refractivity contribution >= 4 is 5.97 Å². The monoisotopic (exact) mass is 406 g/mol. The van der Waals surface area contributed by atoms with Crippen LogP contribution in [-0.2, 0) is 19.4 Å². The van der Waals surface area contributed by atoms with Gasteiger partial charge in [0.05, 0.1) is 12.1 Å². The van der Waals surface area contributed by atoms with Crippen LogP contribution in [0.1, 0.15) is 67.6 Å². The smallest absolute Gasteiger partial charge is 0.337 e. The van der Waals surface area contributed by atoms with Crippen LogP contribution in [-0.4, -0.2) is 30.8 Å². The molecule has 0 saturated heterocycles. The third-order valence-corrected chi connectivity index (χ3v) is 5.14. The van der Waals surface area contributed by atoms with Gasteiger partial charge in [-0.25, -0.2) is 14.5 Å². The summed E-state index contributed by atoms with van der Waals surface area (Å²) in [6, 6.07) is 9.71. The standard InChI is InChI=1S/C24H30N4O2/c1-4-5-6-23-26-22(12-7-17(2)3)27-28(23)16-18-8-10-19(11-9-18)20-13-14-25-15-21(20)24(29)30/h8-11,13-15,17H,4-7,12,16H2,1-3H3,(H,29,30). The maximum atomic E-state index is 11.5. The maximum Gasteiger partial charge on any atom is 0.337 e. The number of carboxylic acid groups (broad SMARTS) is 1. The Bertz CT molecular complexity index is 977. The van der Waals surface area contributed by atoms with E-state index in [-0.39, 0.29) is 5.56 Å². The van der Waals surface area contributed by atoms with E-state index in [1.54, 1.807) is 12.3 Å². The quantitative estimate of drug-likeness (QED) is 0.511. The van der Waals surface area contributed by atoms with Crippen LogP contribution in [0.2, 0.25) is 0 Å². The van der Waals surface area contributed by atoms with Gasteiger partial charge in [0.2, 0.25) is 0 Å². The van der Waals surface area contributed by atoms with Gasteiger partial charge in [-0.05, 0) is 41.5 Å². The van der Waals surface area contributed by atoms with Crippen LogP contribution < -0.4 is 0 Å². The Balaban J connectivity index is 1.80. The number of hydrogen-bond donors (Lipinski definition) is 1. The minimum absolute atomic E-state index is 0.207. The maximum absolute atomic E-state index is 11.5. The first-order valence-corrected chi connectivity index (χ1v) is 10.7. The number of hydrogen-bond acceptors (Lipinski definition) is 4. The number of nitrogens with zero attached hydrogens (tertiary/aromatic N) is 4. The molecular weight excluding hydrogens is 376 g/mol. The molecule has 3 rings (SSSR count). The van der Waals surface area contributed by atoms with Crippen molar-refractivity contribution in [3.63, 3.8) is 0 Å². The summed E-state index contributed by atoms with van der Waals surface area (Å²) in [5.74, 6) is 1.63. The Morgan fingerprint density at radius 2 is 1.90 bits per heavy atom. The summed E-state index contributed by atoms with van der Waals surface area (Å²) in [6.45, 7) is 7.28. The van der Waals surface area contributed by atoms with Crippen molar-refractivity contribution in [3.8, 4) is 11.1 Å². The molecule has 6 nitrogen and oxygen atoms in total. The average Bonchev–Trinajstić information content (AvgIpc) is 3.12. The Hall–Kier alpha value is -3.02. The first-order valence-electron chi connectivity index (χ1n) is 10.7. The predicted molar refractivity (Wildman–Crippen MR) is 118 cm³/mol. The molecular formula is C24H30N4O2. The van der Waals surface area contributed by atoms with Crippen molar-refractivity contribution < 1.29 is 9.90 Å². The van der Waals surface area contributed by atoms with E-state index in [9.17, 15) is 9.90 Å². The summed E-state index contributed by atoms with van der Waals surface area (Å²) in [5, 5.41) is 14.2. The van der Waals surface area contributed by atoms with Gasteiger partial charge in [-0.15, -0.1) is 0 Å². The van der Waals surface area contributed by atoms with Gasteiger partial charge >= 0.3 is 5.97 Å². The minimum atomic E-state index is -0.973. The third kappa shape index (κ3) is 5.53. The molecule has 158 valence electrons. The molecule has 2 heterocycles. The summed E-state index contributed by atoms with van der Waals surface area (Å²) < 4.78 is 2.02. The molecule has 2 aromatic heterocycles. The van der Waals surface area contributed by atoms with Crippen molar-refractivity contribution in [1.29, 1.82) is 0 Å². The molecule has 0 amide bonds. The fourth-order valence-electron chi connectivity index (χ4n) is 3.38. The summed E-state index contributed by atoms with van der Waals surface area (Å²) in [4.78, 5) is 20.2. The molecule has 6 heteroatoms. The van der Waals surface area contributed by atoms with Crippen LogP contribution in [0.5, 0.6) is 0 Å². The van der Waals surface area contributed by atoms with E-state index in [1.165, 1.54) is 6.20 Å². The van der Waals surface area contributed by atoms with Crippen LogP contribution in [0.4, 0.5) is 0 Å². The normalized spacial score (nSPS) is 11.2. The largest absolute Gasteiger partial charge is 0.478 e. The van der Waals surface area contributed by atoms with Crippen LogP contribution in [0, 0.1) is 5.92 Å². The van der Waals surface area contributed by atoms with E-state index >= 15 is 0 Å². The molecule has 0 aliphatic carbocycles. The number of aromatic nitrogens is 4. The SMILES string of the molecule is CCCCc1nc(CCC(C)C)nn1Cc1ccc(-c2ccncc2C(=O)O)cc1. The van der Waals surface area contributed by atoms with Gasteiger partial charge in [0, 0.05) is 25.2 Å². The fraction of sp³-hybridized carbons (Fsp3) is 0.417. The molecule has 0 radical (unpaired) electrons.